The fraction of sp³-hybridized carbons (Fsp3) is 0.200. The van der Waals surface area contributed by atoms with E-state index in [0.717, 1.165) is 16.7 Å². The van der Waals surface area contributed by atoms with Crippen molar-refractivity contribution in [3.05, 3.63) is 107 Å². The van der Waals surface area contributed by atoms with Gasteiger partial charge in [-0.05, 0) is 24.5 Å². The van der Waals surface area contributed by atoms with Gasteiger partial charge in [-0.1, -0.05) is 90.5 Å². The second kappa shape index (κ2) is 9.65. The molecule has 0 bridgehead atoms. The number of hydrogen-bond donors (Lipinski definition) is 1. The second-order valence-corrected chi connectivity index (χ2v) is 7.01. The van der Waals surface area contributed by atoms with Gasteiger partial charge in [-0.3, -0.25) is 9.59 Å². The highest BCUT2D eigenvalue weighted by molar-refractivity contribution is 5.98. The molecule has 142 valence electrons. The van der Waals surface area contributed by atoms with Gasteiger partial charge in [0.1, 0.15) is 0 Å². The van der Waals surface area contributed by atoms with E-state index in [0.29, 0.717) is 12.0 Å². The fourth-order valence-corrected chi connectivity index (χ4v) is 3.16. The summed E-state index contributed by atoms with van der Waals surface area (Å²) in [6, 6.07) is 27.4. The highest BCUT2D eigenvalue weighted by Gasteiger charge is 2.16. The van der Waals surface area contributed by atoms with Crippen molar-refractivity contribution in [1.82, 2.24) is 5.32 Å². The molecule has 0 spiro atoms. The van der Waals surface area contributed by atoms with E-state index in [9.17, 15) is 9.59 Å². The molecule has 1 amide bonds. The number of rotatable bonds is 8. The van der Waals surface area contributed by atoms with Gasteiger partial charge in [0.25, 0.3) is 0 Å². The zero-order valence-electron chi connectivity index (χ0n) is 16.1. The van der Waals surface area contributed by atoms with Crippen molar-refractivity contribution in [2.24, 2.45) is 0 Å². The van der Waals surface area contributed by atoms with Gasteiger partial charge >= 0.3 is 0 Å². The lowest BCUT2D eigenvalue weighted by molar-refractivity contribution is -0.121. The third kappa shape index (κ3) is 5.65. The average Bonchev–Trinajstić information content (AvgIpc) is 2.73. The summed E-state index contributed by atoms with van der Waals surface area (Å²) in [4.78, 5) is 24.9. The fourth-order valence-electron chi connectivity index (χ4n) is 3.16. The SMILES string of the molecule is Cc1ccc(C(=O)CCC(=O)N[C@H](Cc2ccccc2)c2ccccc2)cc1. The molecule has 1 N–H and O–H groups in total. The summed E-state index contributed by atoms with van der Waals surface area (Å²) in [5.74, 6) is -0.111. The van der Waals surface area contributed by atoms with Crippen molar-refractivity contribution in [2.75, 3.05) is 0 Å². The minimum atomic E-state index is -0.120. The Labute approximate surface area is 166 Å². The van der Waals surface area contributed by atoms with E-state index in [1.54, 1.807) is 0 Å². The number of ketones is 1. The zero-order valence-corrected chi connectivity index (χ0v) is 16.1. The Morgan fingerprint density at radius 3 is 2.04 bits per heavy atom. The molecule has 0 aromatic heterocycles. The van der Waals surface area contributed by atoms with Gasteiger partial charge in [0.15, 0.2) is 5.78 Å². The number of amides is 1. The van der Waals surface area contributed by atoms with E-state index in [1.165, 1.54) is 0 Å². The molecule has 3 rings (SSSR count). The van der Waals surface area contributed by atoms with E-state index in [-0.39, 0.29) is 30.6 Å². The Kier molecular flexibility index (Phi) is 6.74. The van der Waals surface area contributed by atoms with Crippen molar-refractivity contribution < 1.29 is 9.59 Å². The topological polar surface area (TPSA) is 46.2 Å². The van der Waals surface area contributed by atoms with Crippen molar-refractivity contribution in [1.29, 1.82) is 0 Å². The summed E-state index contributed by atoms with van der Waals surface area (Å²) in [6.07, 6.45) is 1.11. The molecule has 0 saturated carbocycles. The van der Waals surface area contributed by atoms with Crippen molar-refractivity contribution in [3.8, 4) is 0 Å². The van der Waals surface area contributed by atoms with Crippen LogP contribution in [0.5, 0.6) is 0 Å². The molecule has 0 aliphatic rings. The first kappa shape index (κ1) is 19.6. The van der Waals surface area contributed by atoms with Gasteiger partial charge in [0.2, 0.25) is 5.91 Å². The Bertz CT molecular complexity index is 902. The Hall–Kier alpha value is -3.20. The summed E-state index contributed by atoms with van der Waals surface area (Å²) in [6.45, 7) is 1.98. The maximum atomic E-state index is 12.5. The Morgan fingerprint density at radius 2 is 1.39 bits per heavy atom. The molecule has 0 aliphatic carbocycles. The molecular weight excluding hydrogens is 346 g/mol. The first-order valence-corrected chi connectivity index (χ1v) is 9.60. The largest absolute Gasteiger partial charge is 0.349 e. The van der Waals surface area contributed by atoms with E-state index in [1.807, 2.05) is 79.7 Å². The summed E-state index contributed by atoms with van der Waals surface area (Å²) < 4.78 is 0. The average molecular weight is 371 g/mol. The summed E-state index contributed by atoms with van der Waals surface area (Å²) in [5.41, 5.74) is 3.99. The molecule has 3 aromatic carbocycles. The predicted molar refractivity (Wildman–Crippen MR) is 112 cm³/mol. The number of carbonyl (C=O) groups is 2. The molecule has 3 nitrogen and oxygen atoms in total. The van der Waals surface area contributed by atoms with Crippen LogP contribution in [0.4, 0.5) is 0 Å². The normalized spacial score (nSPS) is 11.6. The lowest BCUT2D eigenvalue weighted by Crippen LogP contribution is -2.30. The third-order valence-electron chi connectivity index (χ3n) is 4.77. The van der Waals surface area contributed by atoms with Gasteiger partial charge in [-0.25, -0.2) is 0 Å². The van der Waals surface area contributed by atoms with Crippen molar-refractivity contribution >= 4 is 11.7 Å². The van der Waals surface area contributed by atoms with Crippen LogP contribution in [-0.4, -0.2) is 11.7 Å². The smallest absolute Gasteiger partial charge is 0.220 e. The summed E-state index contributed by atoms with van der Waals surface area (Å²) in [7, 11) is 0. The number of Topliss-reactive ketones (excluding diaryl/α,β-unsaturated/α-hetero) is 1. The van der Waals surface area contributed by atoms with E-state index in [2.05, 4.69) is 17.4 Å². The minimum Gasteiger partial charge on any atom is -0.349 e. The maximum Gasteiger partial charge on any atom is 0.220 e. The van der Waals surface area contributed by atoms with Crippen LogP contribution < -0.4 is 5.32 Å². The predicted octanol–water partition coefficient (Wildman–Crippen LogP) is 5.06. The Balaban J connectivity index is 1.62. The minimum absolute atomic E-state index is 0.00512. The molecule has 0 heterocycles. The van der Waals surface area contributed by atoms with Crippen LogP contribution >= 0.6 is 0 Å². The highest BCUT2D eigenvalue weighted by Crippen LogP contribution is 2.19. The number of hydrogen-bond acceptors (Lipinski definition) is 2. The molecule has 1 atom stereocenters. The van der Waals surface area contributed by atoms with Gasteiger partial charge in [0, 0.05) is 18.4 Å². The van der Waals surface area contributed by atoms with Crippen molar-refractivity contribution in [2.45, 2.75) is 32.2 Å². The lowest BCUT2D eigenvalue weighted by atomic mass is 9.98. The number of aryl methyl sites for hydroxylation is 1. The monoisotopic (exact) mass is 371 g/mol. The first-order valence-electron chi connectivity index (χ1n) is 9.60. The molecule has 0 fully saturated rings. The lowest BCUT2D eigenvalue weighted by Gasteiger charge is -2.19. The maximum absolute atomic E-state index is 12.5. The zero-order chi connectivity index (χ0) is 19.8. The van der Waals surface area contributed by atoms with Gasteiger partial charge in [-0.2, -0.15) is 0 Å². The molecule has 28 heavy (non-hydrogen) atoms. The van der Waals surface area contributed by atoms with Crippen LogP contribution in [0, 0.1) is 6.92 Å². The van der Waals surface area contributed by atoms with Gasteiger partial charge in [-0.15, -0.1) is 0 Å². The molecule has 3 heteroatoms. The van der Waals surface area contributed by atoms with Crippen LogP contribution in [0.25, 0.3) is 0 Å². The second-order valence-electron chi connectivity index (χ2n) is 7.01. The summed E-state index contributed by atoms with van der Waals surface area (Å²) in [5, 5.41) is 3.11. The van der Waals surface area contributed by atoms with Crippen LogP contribution in [0.3, 0.4) is 0 Å². The van der Waals surface area contributed by atoms with Gasteiger partial charge in [0.05, 0.1) is 6.04 Å². The van der Waals surface area contributed by atoms with Crippen LogP contribution in [0.15, 0.2) is 84.9 Å². The Morgan fingerprint density at radius 1 is 0.786 bits per heavy atom. The van der Waals surface area contributed by atoms with Gasteiger partial charge < -0.3 is 5.32 Å². The van der Waals surface area contributed by atoms with Crippen LogP contribution in [0.1, 0.15) is 45.9 Å². The van der Waals surface area contributed by atoms with Crippen molar-refractivity contribution in [3.63, 3.8) is 0 Å². The molecule has 0 unspecified atom stereocenters. The molecule has 0 radical (unpaired) electrons. The van der Waals surface area contributed by atoms with Crippen LogP contribution in [0.2, 0.25) is 0 Å². The molecular formula is C25H25NO2. The molecule has 0 aliphatic heterocycles. The summed E-state index contributed by atoms with van der Waals surface area (Å²) >= 11 is 0. The number of nitrogens with one attached hydrogen (secondary N) is 1. The van der Waals surface area contributed by atoms with E-state index >= 15 is 0 Å². The molecule has 0 saturated heterocycles. The standard InChI is InChI=1S/C25H25NO2/c1-19-12-14-22(15-13-19)24(27)16-17-25(28)26-23(21-10-6-3-7-11-21)18-20-8-4-2-5-9-20/h2-15,23H,16-18H2,1H3,(H,26,28)/t23-/m1/s1. The highest BCUT2D eigenvalue weighted by atomic mass is 16.2. The number of carbonyl (C=O) groups excluding carboxylic acids is 2. The molecule has 3 aromatic rings. The van der Waals surface area contributed by atoms with E-state index < -0.39 is 0 Å². The quantitative estimate of drug-likeness (QED) is 0.563. The van der Waals surface area contributed by atoms with E-state index in [4.69, 9.17) is 0 Å². The van der Waals surface area contributed by atoms with Crippen LogP contribution in [-0.2, 0) is 11.2 Å². The number of benzene rings is 3. The third-order valence-corrected chi connectivity index (χ3v) is 4.77. The first-order chi connectivity index (χ1) is 13.6.